The van der Waals surface area contributed by atoms with Crippen LogP contribution in [0.15, 0.2) is 18.2 Å². The van der Waals surface area contributed by atoms with Gasteiger partial charge in [0.05, 0.1) is 6.04 Å². The van der Waals surface area contributed by atoms with Gasteiger partial charge >= 0.3 is 0 Å². The van der Waals surface area contributed by atoms with Crippen LogP contribution in [0.4, 0.5) is 0 Å². The number of carbonyl (C=O) groups is 1. The number of halogens is 2. The molecule has 0 radical (unpaired) electrons. The molecule has 0 spiro atoms. The molecule has 2 N–H and O–H groups in total. The molecule has 1 heterocycles. The normalized spacial score (nSPS) is 18.9. The van der Waals surface area contributed by atoms with Gasteiger partial charge in [-0.2, -0.15) is 0 Å². The molecule has 1 aliphatic heterocycles. The molecule has 1 saturated heterocycles. The van der Waals surface area contributed by atoms with Crippen LogP contribution in [0.3, 0.4) is 0 Å². The highest BCUT2D eigenvalue weighted by Crippen LogP contribution is 2.21. The van der Waals surface area contributed by atoms with Crippen molar-refractivity contribution >= 4 is 29.1 Å². The van der Waals surface area contributed by atoms with Crippen LogP contribution in [0, 0.1) is 0 Å². The molecule has 0 aliphatic carbocycles. The number of hydrogen-bond donors (Lipinski definition) is 2. The summed E-state index contributed by atoms with van der Waals surface area (Å²) in [6.07, 6.45) is 2.71. The molecule has 2 rings (SSSR count). The van der Waals surface area contributed by atoms with Crippen LogP contribution in [-0.4, -0.2) is 25.0 Å². The van der Waals surface area contributed by atoms with E-state index in [1.807, 2.05) is 12.1 Å². The van der Waals surface area contributed by atoms with Crippen LogP contribution in [0.2, 0.25) is 10.0 Å². The second kappa shape index (κ2) is 6.41. The molecule has 3 nitrogen and oxygen atoms in total. The van der Waals surface area contributed by atoms with E-state index in [0.717, 1.165) is 24.9 Å². The van der Waals surface area contributed by atoms with Crippen LogP contribution in [0.25, 0.3) is 0 Å². The van der Waals surface area contributed by atoms with Crippen molar-refractivity contribution in [3.8, 4) is 0 Å². The first-order valence-electron chi connectivity index (χ1n) is 6.12. The van der Waals surface area contributed by atoms with Crippen molar-refractivity contribution in [1.29, 1.82) is 0 Å². The Morgan fingerprint density at radius 1 is 1.44 bits per heavy atom. The maximum Gasteiger partial charge on any atom is 0.237 e. The number of carbonyl (C=O) groups excluding carboxylic acids is 1. The third-order valence-corrected chi connectivity index (χ3v) is 3.67. The Hall–Kier alpha value is -0.770. The topological polar surface area (TPSA) is 41.1 Å². The zero-order chi connectivity index (χ0) is 13.0. The molecule has 1 atom stereocenters. The van der Waals surface area contributed by atoms with E-state index < -0.39 is 0 Å². The quantitative estimate of drug-likeness (QED) is 0.893. The minimum Gasteiger partial charge on any atom is -0.354 e. The lowest BCUT2D eigenvalue weighted by Gasteiger charge is -2.11. The van der Waals surface area contributed by atoms with Crippen LogP contribution >= 0.6 is 23.2 Å². The zero-order valence-corrected chi connectivity index (χ0v) is 11.5. The number of benzene rings is 1. The lowest BCUT2D eigenvalue weighted by atomic mass is 10.1. The summed E-state index contributed by atoms with van der Waals surface area (Å²) in [7, 11) is 0. The summed E-state index contributed by atoms with van der Waals surface area (Å²) in [4.78, 5) is 11.7. The minimum atomic E-state index is -0.0225. The van der Waals surface area contributed by atoms with E-state index in [2.05, 4.69) is 10.6 Å². The number of amides is 1. The molecular weight excluding hydrogens is 271 g/mol. The molecule has 0 saturated carbocycles. The molecule has 1 fully saturated rings. The lowest BCUT2D eigenvalue weighted by Crippen LogP contribution is -2.41. The Morgan fingerprint density at radius 2 is 2.28 bits per heavy atom. The molecule has 5 heteroatoms. The van der Waals surface area contributed by atoms with Gasteiger partial charge in [-0.1, -0.05) is 29.3 Å². The van der Waals surface area contributed by atoms with Crippen molar-refractivity contribution < 1.29 is 4.79 Å². The highest BCUT2D eigenvalue weighted by atomic mass is 35.5. The average Bonchev–Trinajstić information content (AvgIpc) is 2.85. The molecule has 1 aliphatic rings. The van der Waals surface area contributed by atoms with E-state index >= 15 is 0 Å². The van der Waals surface area contributed by atoms with E-state index in [4.69, 9.17) is 23.2 Å². The van der Waals surface area contributed by atoms with Crippen molar-refractivity contribution in [3.05, 3.63) is 33.8 Å². The molecule has 0 bridgehead atoms. The van der Waals surface area contributed by atoms with E-state index in [1.54, 1.807) is 6.07 Å². The van der Waals surface area contributed by atoms with Gasteiger partial charge in [0.1, 0.15) is 0 Å². The standard InChI is InChI=1S/C13H16Cl2N2O/c14-10-4-3-9(11(15)8-10)5-7-17-13(18)12-2-1-6-16-12/h3-4,8,12,16H,1-2,5-7H2,(H,17,18)/t12-/m0/s1. The molecule has 0 aromatic heterocycles. The smallest absolute Gasteiger partial charge is 0.237 e. The van der Waals surface area contributed by atoms with Gasteiger partial charge < -0.3 is 10.6 Å². The number of rotatable bonds is 4. The summed E-state index contributed by atoms with van der Waals surface area (Å²) < 4.78 is 0. The SMILES string of the molecule is O=C(NCCc1ccc(Cl)cc1Cl)[C@@H]1CCCN1. The fourth-order valence-electron chi connectivity index (χ4n) is 2.08. The highest BCUT2D eigenvalue weighted by molar-refractivity contribution is 6.35. The summed E-state index contributed by atoms with van der Waals surface area (Å²) >= 11 is 11.9. The summed E-state index contributed by atoms with van der Waals surface area (Å²) in [6, 6.07) is 5.40. The average molecular weight is 287 g/mol. The Bertz CT molecular complexity index is 431. The first-order chi connectivity index (χ1) is 8.66. The van der Waals surface area contributed by atoms with Gasteiger partial charge in [0, 0.05) is 16.6 Å². The Balaban J connectivity index is 1.79. The predicted molar refractivity (Wildman–Crippen MR) is 74.2 cm³/mol. The summed E-state index contributed by atoms with van der Waals surface area (Å²) in [6.45, 7) is 1.53. The fourth-order valence-corrected chi connectivity index (χ4v) is 2.58. The molecular formula is C13H16Cl2N2O. The minimum absolute atomic E-state index is 0.0225. The second-order valence-corrected chi connectivity index (χ2v) is 5.27. The van der Waals surface area contributed by atoms with E-state index in [0.29, 0.717) is 23.0 Å². The van der Waals surface area contributed by atoms with E-state index in [-0.39, 0.29) is 11.9 Å². The summed E-state index contributed by atoms with van der Waals surface area (Å²) in [5.74, 6) is 0.0811. The van der Waals surface area contributed by atoms with Gasteiger partial charge in [0.2, 0.25) is 5.91 Å². The Labute approximate surface area is 117 Å². The summed E-state index contributed by atoms with van der Waals surface area (Å²) in [5, 5.41) is 7.37. The molecule has 1 aromatic rings. The first-order valence-corrected chi connectivity index (χ1v) is 6.87. The van der Waals surface area contributed by atoms with Gasteiger partial charge in [-0.25, -0.2) is 0 Å². The number of hydrogen-bond acceptors (Lipinski definition) is 2. The van der Waals surface area contributed by atoms with Gasteiger partial charge in [0.15, 0.2) is 0 Å². The molecule has 18 heavy (non-hydrogen) atoms. The fraction of sp³-hybridized carbons (Fsp3) is 0.462. The summed E-state index contributed by atoms with van der Waals surface area (Å²) in [5.41, 5.74) is 1.00. The molecule has 98 valence electrons. The largest absolute Gasteiger partial charge is 0.354 e. The maximum absolute atomic E-state index is 11.7. The lowest BCUT2D eigenvalue weighted by molar-refractivity contribution is -0.122. The van der Waals surface area contributed by atoms with Crippen molar-refractivity contribution in [3.63, 3.8) is 0 Å². The van der Waals surface area contributed by atoms with Gasteiger partial charge in [0.25, 0.3) is 0 Å². The Kier molecular flexibility index (Phi) is 4.87. The molecule has 0 unspecified atom stereocenters. The van der Waals surface area contributed by atoms with Crippen molar-refractivity contribution in [2.24, 2.45) is 0 Å². The monoisotopic (exact) mass is 286 g/mol. The van der Waals surface area contributed by atoms with Crippen LogP contribution < -0.4 is 10.6 Å². The van der Waals surface area contributed by atoms with Crippen LogP contribution in [-0.2, 0) is 11.2 Å². The first kappa shape index (κ1) is 13.7. The third kappa shape index (κ3) is 3.61. The molecule has 1 aromatic carbocycles. The van der Waals surface area contributed by atoms with E-state index in [9.17, 15) is 4.79 Å². The van der Waals surface area contributed by atoms with Crippen molar-refractivity contribution in [2.75, 3.05) is 13.1 Å². The van der Waals surface area contributed by atoms with E-state index in [1.165, 1.54) is 0 Å². The maximum atomic E-state index is 11.7. The van der Waals surface area contributed by atoms with Crippen LogP contribution in [0.5, 0.6) is 0 Å². The Morgan fingerprint density at radius 3 is 2.94 bits per heavy atom. The number of nitrogens with one attached hydrogen (secondary N) is 2. The van der Waals surface area contributed by atoms with Crippen LogP contribution in [0.1, 0.15) is 18.4 Å². The van der Waals surface area contributed by atoms with Gasteiger partial charge in [-0.15, -0.1) is 0 Å². The second-order valence-electron chi connectivity index (χ2n) is 4.43. The van der Waals surface area contributed by atoms with Gasteiger partial charge in [-0.3, -0.25) is 4.79 Å². The molecule has 1 amide bonds. The predicted octanol–water partition coefficient (Wildman–Crippen LogP) is 2.40. The third-order valence-electron chi connectivity index (χ3n) is 3.09. The van der Waals surface area contributed by atoms with Crippen molar-refractivity contribution in [1.82, 2.24) is 10.6 Å². The zero-order valence-electron chi connectivity index (χ0n) is 10.0. The van der Waals surface area contributed by atoms with Crippen molar-refractivity contribution in [2.45, 2.75) is 25.3 Å². The van der Waals surface area contributed by atoms with Gasteiger partial charge in [-0.05, 0) is 43.5 Å². The highest BCUT2D eigenvalue weighted by Gasteiger charge is 2.21.